The van der Waals surface area contributed by atoms with Crippen molar-refractivity contribution in [3.63, 3.8) is 0 Å². The fraction of sp³-hybridized carbons (Fsp3) is 0.350. The molecule has 0 spiro atoms. The summed E-state index contributed by atoms with van der Waals surface area (Å²) in [4.78, 5) is 13.8. The summed E-state index contributed by atoms with van der Waals surface area (Å²) in [5.41, 5.74) is 2.52. The molecule has 6 nitrogen and oxygen atoms in total. The van der Waals surface area contributed by atoms with Crippen molar-refractivity contribution in [1.29, 1.82) is 0 Å². The van der Waals surface area contributed by atoms with E-state index in [0.29, 0.717) is 12.1 Å². The molecule has 0 aromatic heterocycles. The molecule has 0 aliphatic carbocycles. The van der Waals surface area contributed by atoms with Gasteiger partial charge in [0.2, 0.25) is 15.9 Å². The molecule has 0 aliphatic rings. The van der Waals surface area contributed by atoms with Gasteiger partial charge in [0.25, 0.3) is 0 Å². The number of carbonyl (C=O) groups excluding carboxylic acids is 1. The second kappa shape index (κ2) is 9.01. The Labute approximate surface area is 161 Å². The highest BCUT2D eigenvalue weighted by Gasteiger charge is 2.17. The zero-order chi connectivity index (χ0) is 20.0. The van der Waals surface area contributed by atoms with Gasteiger partial charge in [-0.05, 0) is 48.7 Å². The average Bonchev–Trinajstić information content (AvgIpc) is 2.63. The molecule has 0 heterocycles. The number of sulfonamides is 1. The number of ether oxygens (including phenoxy) is 1. The van der Waals surface area contributed by atoms with E-state index >= 15 is 0 Å². The van der Waals surface area contributed by atoms with E-state index in [1.165, 1.54) is 6.92 Å². The van der Waals surface area contributed by atoms with E-state index in [0.717, 1.165) is 16.9 Å². The van der Waals surface area contributed by atoms with E-state index in [4.69, 9.17) is 4.74 Å². The van der Waals surface area contributed by atoms with Gasteiger partial charge in [-0.2, -0.15) is 0 Å². The Morgan fingerprint density at radius 3 is 2.37 bits per heavy atom. The topological polar surface area (TPSA) is 75.7 Å². The van der Waals surface area contributed by atoms with Gasteiger partial charge in [-0.25, -0.2) is 13.1 Å². The van der Waals surface area contributed by atoms with Crippen molar-refractivity contribution in [2.75, 3.05) is 20.2 Å². The number of amides is 1. The molecular weight excluding hydrogens is 364 g/mol. The Hall–Kier alpha value is -2.38. The van der Waals surface area contributed by atoms with Crippen LogP contribution in [-0.2, 0) is 21.4 Å². The van der Waals surface area contributed by atoms with Gasteiger partial charge in [0, 0.05) is 26.6 Å². The first kappa shape index (κ1) is 20.9. The van der Waals surface area contributed by atoms with E-state index < -0.39 is 10.0 Å². The van der Waals surface area contributed by atoms with Crippen LogP contribution in [0, 0.1) is 13.8 Å². The summed E-state index contributed by atoms with van der Waals surface area (Å²) < 4.78 is 32.8. The average molecular weight is 391 g/mol. The van der Waals surface area contributed by atoms with Crippen molar-refractivity contribution in [2.45, 2.75) is 32.2 Å². The third kappa shape index (κ3) is 5.80. The zero-order valence-electron chi connectivity index (χ0n) is 16.2. The molecule has 0 bridgehead atoms. The molecule has 27 heavy (non-hydrogen) atoms. The minimum atomic E-state index is -3.62. The lowest BCUT2D eigenvalue weighted by Gasteiger charge is -2.21. The van der Waals surface area contributed by atoms with Crippen molar-refractivity contribution < 1.29 is 17.9 Å². The molecule has 0 saturated carbocycles. The highest BCUT2D eigenvalue weighted by Crippen LogP contribution is 2.16. The second-order valence-electron chi connectivity index (χ2n) is 6.46. The Morgan fingerprint density at radius 2 is 1.78 bits per heavy atom. The van der Waals surface area contributed by atoms with Gasteiger partial charge in [-0.15, -0.1) is 0 Å². The van der Waals surface area contributed by atoms with Crippen molar-refractivity contribution in [2.24, 2.45) is 0 Å². The summed E-state index contributed by atoms with van der Waals surface area (Å²) in [7, 11) is -2.03. The molecule has 2 aromatic rings. The highest BCUT2D eigenvalue weighted by atomic mass is 32.2. The molecule has 0 radical (unpaired) electrons. The van der Waals surface area contributed by atoms with Crippen LogP contribution in [0.2, 0.25) is 0 Å². The van der Waals surface area contributed by atoms with E-state index in [1.54, 1.807) is 31.1 Å². The standard InChI is InChI=1S/C20H26N2O4S/c1-15-5-6-16(2)20(13-15)27(24,25)21-11-12-22(17(3)23)14-18-7-9-19(26-4)10-8-18/h5-10,13,21H,11-12,14H2,1-4H3. The Kier molecular flexibility index (Phi) is 6.98. The van der Waals surface area contributed by atoms with Crippen LogP contribution in [0.3, 0.4) is 0 Å². The molecule has 2 rings (SSSR count). The van der Waals surface area contributed by atoms with Gasteiger partial charge in [0.15, 0.2) is 0 Å². The SMILES string of the molecule is COc1ccc(CN(CCNS(=O)(=O)c2cc(C)ccc2C)C(C)=O)cc1. The van der Waals surface area contributed by atoms with Crippen molar-refractivity contribution >= 4 is 15.9 Å². The molecule has 0 unspecified atom stereocenters. The van der Waals surface area contributed by atoms with Crippen LogP contribution in [0.4, 0.5) is 0 Å². The molecule has 0 fully saturated rings. The van der Waals surface area contributed by atoms with Gasteiger partial charge >= 0.3 is 0 Å². The van der Waals surface area contributed by atoms with E-state index in [-0.39, 0.29) is 23.9 Å². The first-order chi connectivity index (χ1) is 12.7. The minimum absolute atomic E-state index is 0.114. The lowest BCUT2D eigenvalue weighted by molar-refractivity contribution is -0.129. The zero-order valence-corrected chi connectivity index (χ0v) is 17.0. The van der Waals surface area contributed by atoms with Crippen LogP contribution in [0.15, 0.2) is 47.4 Å². The van der Waals surface area contributed by atoms with Crippen molar-refractivity contribution in [1.82, 2.24) is 9.62 Å². The number of aryl methyl sites for hydroxylation is 2. The number of carbonyl (C=O) groups is 1. The van der Waals surface area contributed by atoms with Gasteiger partial charge in [0.1, 0.15) is 5.75 Å². The maximum atomic E-state index is 12.6. The van der Waals surface area contributed by atoms with Crippen LogP contribution in [0.1, 0.15) is 23.6 Å². The molecule has 0 aliphatic heterocycles. The van der Waals surface area contributed by atoms with Crippen LogP contribution in [0.25, 0.3) is 0 Å². The van der Waals surface area contributed by atoms with E-state index in [9.17, 15) is 13.2 Å². The maximum Gasteiger partial charge on any atom is 0.240 e. The minimum Gasteiger partial charge on any atom is -0.497 e. The van der Waals surface area contributed by atoms with Crippen LogP contribution in [0.5, 0.6) is 5.75 Å². The molecule has 2 aromatic carbocycles. The number of nitrogens with zero attached hydrogens (tertiary/aromatic N) is 1. The largest absolute Gasteiger partial charge is 0.497 e. The summed E-state index contributed by atoms with van der Waals surface area (Å²) in [6.45, 7) is 5.93. The normalized spacial score (nSPS) is 11.3. The van der Waals surface area contributed by atoms with Crippen LogP contribution < -0.4 is 9.46 Å². The molecule has 146 valence electrons. The first-order valence-electron chi connectivity index (χ1n) is 8.68. The van der Waals surface area contributed by atoms with Crippen molar-refractivity contribution in [3.05, 3.63) is 59.2 Å². The van der Waals surface area contributed by atoms with Gasteiger partial charge in [0.05, 0.1) is 12.0 Å². The molecule has 1 amide bonds. The van der Waals surface area contributed by atoms with Gasteiger partial charge in [-0.1, -0.05) is 24.3 Å². The number of nitrogens with one attached hydrogen (secondary N) is 1. The lowest BCUT2D eigenvalue weighted by Crippen LogP contribution is -2.37. The van der Waals surface area contributed by atoms with Gasteiger partial charge < -0.3 is 9.64 Å². The number of hydrogen-bond acceptors (Lipinski definition) is 4. The molecule has 7 heteroatoms. The first-order valence-corrected chi connectivity index (χ1v) is 10.2. The predicted molar refractivity (Wildman–Crippen MR) is 105 cm³/mol. The van der Waals surface area contributed by atoms with Crippen molar-refractivity contribution in [3.8, 4) is 5.75 Å². The fourth-order valence-electron chi connectivity index (χ4n) is 2.69. The monoisotopic (exact) mass is 390 g/mol. The Balaban J connectivity index is 2.01. The van der Waals surface area contributed by atoms with E-state index in [1.807, 2.05) is 37.3 Å². The predicted octanol–water partition coefficient (Wildman–Crippen LogP) is 2.64. The molecule has 0 atom stereocenters. The summed E-state index contributed by atoms with van der Waals surface area (Å²) in [5.74, 6) is 0.631. The third-order valence-electron chi connectivity index (χ3n) is 4.28. The smallest absolute Gasteiger partial charge is 0.240 e. The molecular formula is C20H26N2O4S. The third-order valence-corrected chi connectivity index (χ3v) is 5.89. The maximum absolute atomic E-state index is 12.6. The highest BCUT2D eigenvalue weighted by molar-refractivity contribution is 7.89. The Bertz CT molecular complexity index is 893. The lowest BCUT2D eigenvalue weighted by atomic mass is 10.2. The summed E-state index contributed by atoms with van der Waals surface area (Å²) in [6, 6.07) is 12.7. The summed E-state index contributed by atoms with van der Waals surface area (Å²) >= 11 is 0. The Morgan fingerprint density at radius 1 is 1.11 bits per heavy atom. The molecule has 0 saturated heterocycles. The van der Waals surface area contributed by atoms with E-state index in [2.05, 4.69) is 4.72 Å². The number of benzene rings is 2. The number of methoxy groups -OCH3 is 1. The number of rotatable bonds is 8. The quantitative estimate of drug-likeness (QED) is 0.752. The van der Waals surface area contributed by atoms with Crippen LogP contribution in [-0.4, -0.2) is 39.4 Å². The summed E-state index contributed by atoms with van der Waals surface area (Å²) in [5, 5.41) is 0. The number of hydrogen-bond donors (Lipinski definition) is 1. The second-order valence-corrected chi connectivity index (χ2v) is 8.19. The van der Waals surface area contributed by atoms with Crippen LogP contribution >= 0.6 is 0 Å². The fourth-order valence-corrected chi connectivity index (χ4v) is 4.04. The van der Waals surface area contributed by atoms with Gasteiger partial charge in [-0.3, -0.25) is 4.79 Å². The molecule has 1 N–H and O–H groups in total. The summed E-state index contributed by atoms with van der Waals surface area (Å²) in [6.07, 6.45) is 0.